The highest BCUT2D eigenvalue weighted by molar-refractivity contribution is 7.89. The molecule has 5 heteroatoms. The van der Waals surface area contributed by atoms with E-state index in [0.717, 1.165) is 30.8 Å². The minimum atomic E-state index is -3.47. The second kappa shape index (κ2) is 7.47. The van der Waals surface area contributed by atoms with Gasteiger partial charge in [0.2, 0.25) is 10.0 Å². The summed E-state index contributed by atoms with van der Waals surface area (Å²) in [6.45, 7) is 5.51. The Labute approximate surface area is 144 Å². The van der Waals surface area contributed by atoms with Crippen LogP contribution < -0.4 is 4.72 Å². The lowest BCUT2D eigenvalue weighted by Gasteiger charge is -2.15. The minimum absolute atomic E-state index is 0.307. The first-order chi connectivity index (χ1) is 11.5. The molecule has 0 aliphatic carbocycles. The lowest BCUT2D eigenvalue weighted by Crippen LogP contribution is -2.23. The molecule has 1 N–H and O–H groups in total. The molecule has 128 valence electrons. The molecule has 4 nitrogen and oxygen atoms in total. The highest BCUT2D eigenvalue weighted by Crippen LogP contribution is 2.15. The van der Waals surface area contributed by atoms with Crippen LogP contribution in [-0.2, 0) is 23.1 Å². The molecule has 2 aromatic rings. The van der Waals surface area contributed by atoms with Crippen molar-refractivity contribution in [3.8, 4) is 0 Å². The van der Waals surface area contributed by atoms with Gasteiger partial charge < -0.3 is 0 Å². The molecule has 0 amide bonds. The fourth-order valence-corrected chi connectivity index (χ4v) is 4.03. The van der Waals surface area contributed by atoms with Crippen molar-refractivity contribution >= 4 is 10.0 Å². The van der Waals surface area contributed by atoms with Crippen LogP contribution >= 0.6 is 0 Å². The Morgan fingerprint density at radius 1 is 1.00 bits per heavy atom. The van der Waals surface area contributed by atoms with Gasteiger partial charge in [0.05, 0.1) is 4.90 Å². The van der Waals surface area contributed by atoms with Crippen molar-refractivity contribution in [2.24, 2.45) is 0 Å². The standard InChI is InChI=1S/C19H24N2O2S/c1-16-7-9-19(10-8-16)24(22,23)20-14-17-5-4-6-18(13-17)15-21-11-2-3-12-21/h4-10,13,20H,2-3,11-12,14-15H2,1H3. The average molecular weight is 344 g/mol. The normalized spacial score (nSPS) is 15.7. The fourth-order valence-electron chi connectivity index (χ4n) is 3.02. The van der Waals surface area contributed by atoms with E-state index in [-0.39, 0.29) is 0 Å². The van der Waals surface area contributed by atoms with Gasteiger partial charge in [-0.25, -0.2) is 13.1 Å². The Balaban J connectivity index is 1.64. The number of rotatable bonds is 6. The summed E-state index contributed by atoms with van der Waals surface area (Å²) >= 11 is 0. The zero-order chi connectivity index (χ0) is 17.0. The molecular formula is C19H24N2O2S. The van der Waals surface area contributed by atoms with Crippen LogP contribution in [-0.4, -0.2) is 26.4 Å². The van der Waals surface area contributed by atoms with E-state index in [2.05, 4.69) is 21.8 Å². The van der Waals surface area contributed by atoms with Crippen LogP contribution in [0.25, 0.3) is 0 Å². The molecule has 1 saturated heterocycles. The second-order valence-corrected chi connectivity index (χ2v) is 8.21. The van der Waals surface area contributed by atoms with E-state index >= 15 is 0 Å². The number of aryl methyl sites for hydroxylation is 1. The second-order valence-electron chi connectivity index (χ2n) is 6.44. The number of hydrogen-bond acceptors (Lipinski definition) is 3. The van der Waals surface area contributed by atoms with Crippen molar-refractivity contribution in [3.63, 3.8) is 0 Å². The molecule has 0 radical (unpaired) electrons. The Morgan fingerprint density at radius 2 is 1.67 bits per heavy atom. The van der Waals surface area contributed by atoms with Gasteiger partial charge in [0.25, 0.3) is 0 Å². The first kappa shape index (κ1) is 17.1. The third-order valence-corrected chi connectivity index (χ3v) is 5.81. The molecule has 3 rings (SSSR count). The summed E-state index contributed by atoms with van der Waals surface area (Å²) in [5.41, 5.74) is 3.27. The van der Waals surface area contributed by atoms with E-state index in [4.69, 9.17) is 0 Å². The SMILES string of the molecule is Cc1ccc(S(=O)(=O)NCc2cccc(CN3CCCC3)c2)cc1. The van der Waals surface area contributed by atoms with E-state index in [1.54, 1.807) is 12.1 Å². The number of sulfonamides is 1. The van der Waals surface area contributed by atoms with Crippen LogP contribution in [0.1, 0.15) is 29.5 Å². The zero-order valence-electron chi connectivity index (χ0n) is 14.0. The average Bonchev–Trinajstić information content (AvgIpc) is 3.07. The molecule has 1 aliphatic heterocycles. The monoisotopic (exact) mass is 344 g/mol. The molecule has 0 unspecified atom stereocenters. The molecule has 0 aromatic heterocycles. The van der Waals surface area contributed by atoms with Crippen LogP contribution in [0.5, 0.6) is 0 Å². The molecule has 1 aliphatic rings. The fraction of sp³-hybridized carbons (Fsp3) is 0.368. The summed E-state index contributed by atoms with van der Waals surface area (Å²) in [7, 11) is -3.47. The number of nitrogens with zero attached hydrogens (tertiary/aromatic N) is 1. The molecule has 0 saturated carbocycles. The van der Waals surface area contributed by atoms with Crippen LogP contribution in [0.15, 0.2) is 53.4 Å². The number of benzene rings is 2. The van der Waals surface area contributed by atoms with Gasteiger partial charge in [-0.05, 0) is 56.1 Å². The maximum absolute atomic E-state index is 12.4. The summed E-state index contributed by atoms with van der Waals surface area (Å²) in [6.07, 6.45) is 2.55. The minimum Gasteiger partial charge on any atom is -0.299 e. The molecule has 0 spiro atoms. The molecule has 24 heavy (non-hydrogen) atoms. The highest BCUT2D eigenvalue weighted by Gasteiger charge is 2.14. The van der Waals surface area contributed by atoms with Gasteiger partial charge in [0.15, 0.2) is 0 Å². The van der Waals surface area contributed by atoms with E-state index < -0.39 is 10.0 Å². The van der Waals surface area contributed by atoms with Gasteiger partial charge in [-0.2, -0.15) is 0 Å². The van der Waals surface area contributed by atoms with Crippen molar-refractivity contribution in [3.05, 3.63) is 65.2 Å². The van der Waals surface area contributed by atoms with E-state index in [9.17, 15) is 8.42 Å². The number of nitrogens with one attached hydrogen (secondary N) is 1. The molecular weight excluding hydrogens is 320 g/mol. The predicted octanol–water partition coefficient (Wildman–Crippen LogP) is 3.07. The quantitative estimate of drug-likeness (QED) is 0.876. The Kier molecular flexibility index (Phi) is 5.33. The summed E-state index contributed by atoms with van der Waals surface area (Å²) < 4.78 is 27.4. The first-order valence-corrected chi connectivity index (χ1v) is 9.88. The summed E-state index contributed by atoms with van der Waals surface area (Å²) in [6, 6.07) is 15.1. The molecule has 1 fully saturated rings. The number of hydrogen-bond donors (Lipinski definition) is 1. The Hall–Kier alpha value is -1.69. The first-order valence-electron chi connectivity index (χ1n) is 8.39. The van der Waals surface area contributed by atoms with Crippen molar-refractivity contribution < 1.29 is 8.42 Å². The lowest BCUT2D eigenvalue weighted by molar-refractivity contribution is 0.331. The van der Waals surface area contributed by atoms with Crippen molar-refractivity contribution in [1.29, 1.82) is 0 Å². The van der Waals surface area contributed by atoms with Crippen LogP contribution in [0.2, 0.25) is 0 Å². The Morgan fingerprint density at radius 3 is 2.38 bits per heavy atom. The summed E-state index contributed by atoms with van der Waals surface area (Å²) in [5, 5.41) is 0. The number of likely N-dealkylation sites (tertiary alicyclic amines) is 1. The maximum Gasteiger partial charge on any atom is 0.240 e. The van der Waals surface area contributed by atoms with E-state index in [0.29, 0.717) is 11.4 Å². The van der Waals surface area contributed by atoms with Crippen LogP contribution in [0.3, 0.4) is 0 Å². The van der Waals surface area contributed by atoms with Gasteiger partial charge in [-0.15, -0.1) is 0 Å². The molecule has 0 atom stereocenters. The lowest BCUT2D eigenvalue weighted by atomic mass is 10.1. The van der Waals surface area contributed by atoms with Crippen molar-refractivity contribution in [2.45, 2.75) is 37.8 Å². The van der Waals surface area contributed by atoms with Crippen LogP contribution in [0, 0.1) is 6.92 Å². The summed E-state index contributed by atoms with van der Waals surface area (Å²) in [5.74, 6) is 0. The van der Waals surface area contributed by atoms with Gasteiger partial charge in [0, 0.05) is 13.1 Å². The Bertz CT molecular complexity index is 779. The smallest absolute Gasteiger partial charge is 0.240 e. The predicted molar refractivity (Wildman–Crippen MR) is 96.2 cm³/mol. The topological polar surface area (TPSA) is 49.4 Å². The van der Waals surface area contributed by atoms with Crippen molar-refractivity contribution in [1.82, 2.24) is 9.62 Å². The zero-order valence-corrected chi connectivity index (χ0v) is 14.8. The largest absolute Gasteiger partial charge is 0.299 e. The van der Waals surface area contributed by atoms with Gasteiger partial charge in [-0.1, -0.05) is 42.0 Å². The molecule has 0 bridgehead atoms. The summed E-state index contributed by atoms with van der Waals surface area (Å²) in [4.78, 5) is 2.75. The molecule has 2 aromatic carbocycles. The third-order valence-electron chi connectivity index (χ3n) is 4.39. The van der Waals surface area contributed by atoms with Gasteiger partial charge in [0.1, 0.15) is 0 Å². The highest BCUT2D eigenvalue weighted by atomic mass is 32.2. The third kappa shape index (κ3) is 4.44. The van der Waals surface area contributed by atoms with Gasteiger partial charge in [-0.3, -0.25) is 4.90 Å². The van der Waals surface area contributed by atoms with Crippen LogP contribution in [0.4, 0.5) is 0 Å². The van der Waals surface area contributed by atoms with E-state index in [1.165, 1.54) is 18.4 Å². The maximum atomic E-state index is 12.4. The van der Waals surface area contributed by atoms with Crippen molar-refractivity contribution in [2.75, 3.05) is 13.1 Å². The van der Waals surface area contributed by atoms with Gasteiger partial charge >= 0.3 is 0 Å². The van der Waals surface area contributed by atoms with E-state index in [1.807, 2.05) is 31.2 Å². The molecule has 1 heterocycles.